The minimum atomic E-state index is 0.00179. The Morgan fingerprint density at radius 1 is 0.660 bits per heavy atom. The third-order valence-electron chi connectivity index (χ3n) is 11.4. The Morgan fingerprint density at radius 2 is 1.10 bits per heavy atom. The molecule has 0 spiro atoms. The number of aliphatic hydroxyl groups excluding tert-OH is 1. The van der Waals surface area contributed by atoms with Gasteiger partial charge >= 0.3 is 0 Å². The number of pyridine rings is 2. The van der Waals surface area contributed by atoms with Crippen LogP contribution in [-0.4, -0.2) is 71.8 Å². The molecule has 7 heteroatoms. The lowest BCUT2D eigenvalue weighted by atomic mass is 9.76. The summed E-state index contributed by atoms with van der Waals surface area (Å²) in [6, 6.07) is 20.9. The molecule has 4 aromatic rings. The zero-order chi connectivity index (χ0) is 34.8. The van der Waals surface area contributed by atoms with Crippen molar-refractivity contribution in [3.8, 4) is 0 Å². The monoisotopic (exact) mass is 706 g/mol. The molecule has 0 radical (unpaired) electrons. The molecule has 2 fully saturated rings. The summed E-state index contributed by atoms with van der Waals surface area (Å²) in [7, 11) is 4.41. The molecule has 2 unspecified atom stereocenters. The molecule has 1 N–H and O–H groups in total. The van der Waals surface area contributed by atoms with Crippen LogP contribution in [0.5, 0.6) is 0 Å². The van der Waals surface area contributed by atoms with Gasteiger partial charge in [-0.1, -0.05) is 54.4 Å². The third kappa shape index (κ3) is 7.22. The largest absolute Gasteiger partial charge is 0.392 e. The van der Waals surface area contributed by atoms with E-state index < -0.39 is 0 Å². The maximum atomic E-state index is 9.97. The van der Waals surface area contributed by atoms with Gasteiger partial charge in [-0.05, 0) is 177 Å². The van der Waals surface area contributed by atoms with Crippen molar-refractivity contribution in [3.05, 3.63) is 128 Å². The molecule has 2 aliphatic carbocycles. The molecule has 5 nitrogen and oxygen atoms in total. The quantitative estimate of drug-likeness (QED) is 0.229. The summed E-state index contributed by atoms with van der Waals surface area (Å²) >= 11 is 12.7. The number of likely N-dealkylation sites (tertiary alicyclic amines) is 2. The van der Waals surface area contributed by atoms with E-state index >= 15 is 0 Å². The molecule has 0 saturated carbocycles. The molecule has 50 heavy (non-hydrogen) atoms. The van der Waals surface area contributed by atoms with Crippen LogP contribution in [0.25, 0.3) is 23.3 Å². The highest BCUT2D eigenvalue weighted by Gasteiger charge is 2.35. The van der Waals surface area contributed by atoms with Crippen molar-refractivity contribution in [2.24, 2.45) is 11.8 Å². The van der Waals surface area contributed by atoms with E-state index in [-0.39, 0.29) is 12.5 Å². The van der Waals surface area contributed by atoms with Gasteiger partial charge in [0.25, 0.3) is 0 Å². The number of aromatic nitrogens is 2. The second-order valence-corrected chi connectivity index (χ2v) is 15.4. The van der Waals surface area contributed by atoms with Gasteiger partial charge in [0.1, 0.15) is 0 Å². The second kappa shape index (κ2) is 15.5. The lowest BCUT2D eigenvalue weighted by Gasteiger charge is -2.35. The number of hydrogen-bond donors (Lipinski definition) is 1. The Bertz CT molecular complexity index is 1750. The molecule has 4 aliphatic rings. The van der Waals surface area contributed by atoms with Crippen LogP contribution in [0.3, 0.4) is 0 Å². The minimum absolute atomic E-state index is 0.00179. The third-order valence-corrected chi connectivity index (χ3v) is 11.9. The van der Waals surface area contributed by atoms with E-state index in [1.807, 2.05) is 36.7 Å². The predicted octanol–water partition coefficient (Wildman–Crippen LogP) is 9.53. The van der Waals surface area contributed by atoms with Gasteiger partial charge in [0.2, 0.25) is 0 Å². The van der Waals surface area contributed by atoms with E-state index in [9.17, 15) is 5.11 Å². The highest BCUT2D eigenvalue weighted by molar-refractivity contribution is 6.31. The first-order valence-electron chi connectivity index (χ1n) is 18.2. The number of nitrogens with zero attached hydrogens (tertiary/aromatic N) is 4. The van der Waals surface area contributed by atoms with Crippen LogP contribution in [0.15, 0.2) is 73.1 Å². The Labute approximate surface area is 307 Å². The summed E-state index contributed by atoms with van der Waals surface area (Å²) < 4.78 is 0. The van der Waals surface area contributed by atoms with Gasteiger partial charge in [0.05, 0.1) is 18.0 Å². The van der Waals surface area contributed by atoms with Gasteiger partial charge in [0, 0.05) is 34.3 Å². The molecule has 8 rings (SSSR count). The van der Waals surface area contributed by atoms with Crippen molar-refractivity contribution >= 4 is 46.5 Å². The molecule has 2 atom stereocenters. The fourth-order valence-electron chi connectivity index (χ4n) is 8.71. The normalized spacial score (nSPS) is 21.2. The van der Waals surface area contributed by atoms with E-state index in [1.165, 1.54) is 59.5 Å². The zero-order valence-electron chi connectivity index (χ0n) is 29.5. The standard InChI is InChI=1S/C22H25ClN2.C21H23ClN2O/c1-3-15-13-17-5-4-10-24-22(17)21(16-8-11-25(2)12-9-16)19-7-6-18(23)14-20(15)19;1-24-9-6-14(7-10-24)20-18-5-4-17(22)12-19(18)16(13-25)11-15-3-2-8-23-21(15)20/h4-7,10,13-14,16,21H,3,8-9,11-12H2,1-2H3;2-5,8,11-12,14,20,25H,6-7,9-10,13H2,1H3. The minimum Gasteiger partial charge on any atom is -0.392 e. The highest BCUT2D eigenvalue weighted by Crippen LogP contribution is 2.46. The van der Waals surface area contributed by atoms with Crippen molar-refractivity contribution in [1.29, 1.82) is 0 Å². The van der Waals surface area contributed by atoms with E-state index in [0.29, 0.717) is 22.8 Å². The van der Waals surface area contributed by atoms with Gasteiger partial charge in [-0.2, -0.15) is 0 Å². The highest BCUT2D eigenvalue weighted by atomic mass is 35.5. The number of hydrogen-bond acceptors (Lipinski definition) is 5. The van der Waals surface area contributed by atoms with Crippen molar-refractivity contribution in [3.63, 3.8) is 0 Å². The average molecular weight is 708 g/mol. The second-order valence-electron chi connectivity index (χ2n) is 14.5. The Hall–Kier alpha value is -3.32. The fraction of sp³-hybridized carbons (Fsp3) is 0.395. The number of piperidine rings is 2. The van der Waals surface area contributed by atoms with Crippen LogP contribution < -0.4 is 0 Å². The number of aliphatic hydroxyl groups is 1. The van der Waals surface area contributed by atoms with Crippen molar-refractivity contribution in [2.45, 2.75) is 50.9 Å². The van der Waals surface area contributed by atoms with E-state index in [0.717, 1.165) is 59.8 Å². The lowest BCUT2D eigenvalue weighted by Crippen LogP contribution is -2.33. The average Bonchev–Trinajstić information content (AvgIpc) is 3.36. The summed E-state index contributed by atoms with van der Waals surface area (Å²) in [5.74, 6) is 1.79. The van der Waals surface area contributed by atoms with Crippen LogP contribution in [-0.2, 0) is 0 Å². The first-order chi connectivity index (χ1) is 24.3. The van der Waals surface area contributed by atoms with Crippen molar-refractivity contribution < 1.29 is 5.11 Å². The summed E-state index contributed by atoms with van der Waals surface area (Å²) in [5.41, 5.74) is 12.1. The molecule has 2 aromatic heterocycles. The van der Waals surface area contributed by atoms with Crippen LogP contribution in [0.4, 0.5) is 0 Å². The SMILES string of the molecule is CCC1=Cc2cccnc2C(C2CCN(C)CC2)c2ccc(Cl)cc21.CN1CCC(C2c3ccc(Cl)cc3C(CO)=Cc3cccnc32)CC1. The zero-order valence-corrected chi connectivity index (χ0v) is 31.0. The first-order valence-corrected chi connectivity index (χ1v) is 19.0. The maximum Gasteiger partial charge on any atom is 0.0688 e. The maximum absolute atomic E-state index is 9.97. The summed E-state index contributed by atoms with van der Waals surface area (Å²) in [4.78, 5) is 14.5. The smallest absolute Gasteiger partial charge is 0.0688 e. The van der Waals surface area contributed by atoms with Gasteiger partial charge < -0.3 is 14.9 Å². The molecule has 2 aromatic carbocycles. The number of rotatable bonds is 4. The van der Waals surface area contributed by atoms with E-state index in [1.54, 1.807) is 0 Å². The van der Waals surface area contributed by atoms with Crippen LogP contribution in [0.1, 0.15) is 95.6 Å². The number of halogens is 2. The molecule has 4 heterocycles. The van der Waals surface area contributed by atoms with E-state index in [2.05, 4.69) is 79.4 Å². The predicted molar refractivity (Wildman–Crippen MR) is 209 cm³/mol. The molecule has 2 saturated heterocycles. The fourth-order valence-corrected chi connectivity index (χ4v) is 9.05. The molecule has 260 valence electrons. The van der Waals surface area contributed by atoms with Crippen molar-refractivity contribution in [2.75, 3.05) is 46.9 Å². The van der Waals surface area contributed by atoms with Gasteiger partial charge in [-0.15, -0.1) is 0 Å². The lowest BCUT2D eigenvalue weighted by molar-refractivity contribution is 0.206. The molecular weight excluding hydrogens is 659 g/mol. The molecule has 0 bridgehead atoms. The topological polar surface area (TPSA) is 52.5 Å². The number of allylic oxidation sites excluding steroid dienone is 1. The number of fused-ring (bicyclic) bond motifs is 4. The molecule has 2 aliphatic heterocycles. The van der Waals surface area contributed by atoms with Gasteiger partial charge in [0.15, 0.2) is 0 Å². The van der Waals surface area contributed by atoms with Crippen LogP contribution in [0.2, 0.25) is 10.0 Å². The summed E-state index contributed by atoms with van der Waals surface area (Å²) in [6.07, 6.45) is 14.0. The Morgan fingerprint density at radius 3 is 1.54 bits per heavy atom. The van der Waals surface area contributed by atoms with Crippen LogP contribution in [0, 0.1) is 11.8 Å². The van der Waals surface area contributed by atoms with Crippen LogP contribution >= 0.6 is 23.2 Å². The first kappa shape index (κ1) is 35.1. The number of benzene rings is 2. The molecular formula is C43H48Cl2N4O. The summed E-state index contributed by atoms with van der Waals surface area (Å²) in [5, 5.41) is 11.5. The van der Waals surface area contributed by atoms with Gasteiger partial charge in [-0.25, -0.2) is 0 Å². The summed E-state index contributed by atoms with van der Waals surface area (Å²) in [6.45, 7) is 6.80. The van der Waals surface area contributed by atoms with E-state index in [4.69, 9.17) is 33.2 Å². The van der Waals surface area contributed by atoms with Crippen molar-refractivity contribution in [1.82, 2.24) is 19.8 Å². The van der Waals surface area contributed by atoms with Gasteiger partial charge in [-0.3, -0.25) is 9.97 Å². The molecule has 0 amide bonds. The Balaban J connectivity index is 0.000000157. The Kier molecular flexibility index (Phi) is 10.9.